The van der Waals surface area contributed by atoms with Crippen LogP contribution in [0.3, 0.4) is 0 Å². The molecule has 0 fully saturated rings. The van der Waals surface area contributed by atoms with Gasteiger partial charge in [0.2, 0.25) is 10.0 Å². The summed E-state index contributed by atoms with van der Waals surface area (Å²) in [5.41, 5.74) is 5.98. The molecule has 0 radical (unpaired) electrons. The molecule has 0 aromatic heterocycles. The van der Waals surface area contributed by atoms with E-state index in [2.05, 4.69) is 4.72 Å². The van der Waals surface area contributed by atoms with Crippen LogP contribution in [0, 0.1) is 24.2 Å². The van der Waals surface area contributed by atoms with Gasteiger partial charge in [0, 0.05) is 12.1 Å². The number of aryl methyl sites for hydroxylation is 1. The third-order valence-corrected chi connectivity index (χ3v) is 5.43. The SMILES string of the molecule is Cc1cc(C#N)ccc1S(=O)(=O)NC(C)(CN)C(C)C. The molecule has 0 aliphatic rings. The first-order valence-corrected chi connectivity index (χ1v) is 7.89. The largest absolute Gasteiger partial charge is 0.329 e. The van der Waals surface area contributed by atoms with E-state index >= 15 is 0 Å². The Kier molecular flexibility index (Phi) is 4.92. The highest BCUT2D eigenvalue weighted by Gasteiger charge is 2.33. The second kappa shape index (κ2) is 5.92. The van der Waals surface area contributed by atoms with Gasteiger partial charge in [-0.05, 0) is 43.5 Å². The Hall–Kier alpha value is -1.42. The molecule has 0 saturated heterocycles. The third kappa shape index (κ3) is 3.37. The molecule has 1 atom stereocenters. The summed E-state index contributed by atoms with van der Waals surface area (Å²) >= 11 is 0. The summed E-state index contributed by atoms with van der Waals surface area (Å²) in [4.78, 5) is 0.178. The Morgan fingerprint density at radius 1 is 1.45 bits per heavy atom. The van der Waals surface area contributed by atoms with Crippen molar-refractivity contribution in [1.29, 1.82) is 5.26 Å². The number of hydrogen-bond acceptors (Lipinski definition) is 4. The number of benzene rings is 1. The van der Waals surface area contributed by atoms with E-state index in [4.69, 9.17) is 11.0 Å². The summed E-state index contributed by atoms with van der Waals surface area (Å²) in [5, 5.41) is 8.82. The van der Waals surface area contributed by atoms with Crippen molar-refractivity contribution >= 4 is 10.0 Å². The van der Waals surface area contributed by atoms with E-state index in [0.29, 0.717) is 11.1 Å². The van der Waals surface area contributed by atoms with E-state index in [1.54, 1.807) is 19.9 Å². The zero-order valence-corrected chi connectivity index (χ0v) is 13.1. The summed E-state index contributed by atoms with van der Waals surface area (Å²) in [6, 6.07) is 6.50. The number of sulfonamides is 1. The minimum Gasteiger partial charge on any atom is -0.329 e. The van der Waals surface area contributed by atoms with Crippen LogP contribution in [0.1, 0.15) is 31.9 Å². The van der Waals surface area contributed by atoms with Gasteiger partial charge < -0.3 is 5.73 Å². The van der Waals surface area contributed by atoms with Crippen LogP contribution in [0.15, 0.2) is 23.1 Å². The highest BCUT2D eigenvalue weighted by atomic mass is 32.2. The second-order valence-corrected chi connectivity index (χ2v) is 7.12. The minimum atomic E-state index is -3.67. The van der Waals surface area contributed by atoms with Crippen molar-refractivity contribution < 1.29 is 8.42 Å². The van der Waals surface area contributed by atoms with Crippen LogP contribution in [0.25, 0.3) is 0 Å². The lowest BCUT2D eigenvalue weighted by atomic mass is 9.90. The fourth-order valence-electron chi connectivity index (χ4n) is 1.78. The Morgan fingerprint density at radius 3 is 2.45 bits per heavy atom. The molecule has 0 aliphatic heterocycles. The van der Waals surface area contributed by atoms with Crippen LogP contribution in [0.2, 0.25) is 0 Å². The topological polar surface area (TPSA) is 96.0 Å². The van der Waals surface area contributed by atoms with Crippen LogP contribution in [-0.2, 0) is 10.0 Å². The fourth-order valence-corrected chi connectivity index (χ4v) is 3.55. The predicted molar refractivity (Wildman–Crippen MR) is 78.5 cm³/mol. The maximum atomic E-state index is 12.5. The summed E-state index contributed by atoms with van der Waals surface area (Å²) in [6.07, 6.45) is 0. The molecule has 0 amide bonds. The lowest BCUT2D eigenvalue weighted by molar-refractivity contribution is 0.315. The lowest BCUT2D eigenvalue weighted by Crippen LogP contribution is -2.54. The van der Waals surface area contributed by atoms with Gasteiger partial charge >= 0.3 is 0 Å². The first-order chi connectivity index (χ1) is 9.16. The first-order valence-electron chi connectivity index (χ1n) is 6.41. The van der Waals surface area contributed by atoms with Crippen molar-refractivity contribution in [2.24, 2.45) is 11.7 Å². The molecule has 0 spiro atoms. The Balaban J connectivity index is 3.22. The first kappa shape index (κ1) is 16.6. The van der Waals surface area contributed by atoms with Crippen LogP contribution in [0.5, 0.6) is 0 Å². The third-order valence-electron chi connectivity index (χ3n) is 3.66. The zero-order valence-electron chi connectivity index (χ0n) is 12.3. The smallest absolute Gasteiger partial charge is 0.241 e. The molecule has 0 saturated carbocycles. The predicted octanol–water partition coefficient (Wildman–Crippen LogP) is 1.52. The highest BCUT2D eigenvalue weighted by molar-refractivity contribution is 7.89. The maximum Gasteiger partial charge on any atom is 0.241 e. The van der Waals surface area contributed by atoms with E-state index in [1.165, 1.54) is 12.1 Å². The molecule has 0 aliphatic carbocycles. The molecule has 6 heteroatoms. The second-order valence-electron chi connectivity index (χ2n) is 5.47. The molecular formula is C14H21N3O2S. The lowest BCUT2D eigenvalue weighted by Gasteiger charge is -2.33. The van der Waals surface area contributed by atoms with Crippen molar-refractivity contribution in [2.75, 3.05) is 6.54 Å². The maximum absolute atomic E-state index is 12.5. The van der Waals surface area contributed by atoms with Gasteiger partial charge in [-0.3, -0.25) is 0 Å². The minimum absolute atomic E-state index is 0.0564. The van der Waals surface area contributed by atoms with Crippen molar-refractivity contribution in [1.82, 2.24) is 4.72 Å². The average molecular weight is 295 g/mol. The molecule has 1 aromatic carbocycles. The Bertz CT molecular complexity index is 632. The molecule has 20 heavy (non-hydrogen) atoms. The van der Waals surface area contributed by atoms with Gasteiger partial charge in [-0.15, -0.1) is 0 Å². The van der Waals surface area contributed by atoms with E-state index in [9.17, 15) is 8.42 Å². The van der Waals surface area contributed by atoms with E-state index < -0.39 is 15.6 Å². The van der Waals surface area contributed by atoms with Gasteiger partial charge in [0.05, 0.1) is 16.5 Å². The summed E-state index contributed by atoms with van der Waals surface area (Å²) < 4.78 is 27.6. The summed E-state index contributed by atoms with van der Waals surface area (Å²) in [7, 11) is -3.67. The van der Waals surface area contributed by atoms with E-state index in [0.717, 1.165) is 0 Å². The van der Waals surface area contributed by atoms with Crippen LogP contribution >= 0.6 is 0 Å². The molecule has 1 rings (SSSR count). The quantitative estimate of drug-likeness (QED) is 0.860. The van der Waals surface area contributed by atoms with Crippen LogP contribution in [-0.4, -0.2) is 20.5 Å². The number of hydrogen-bond donors (Lipinski definition) is 2. The number of nitrogens with two attached hydrogens (primary N) is 1. The Morgan fingerprint density at radius 2 is 2.05 bits per heavy atom. The number of nitrogens with zero attached hydrogens (tertiary/aromatic N) is 1. The molecule has 3 N–H and O–H groups in total. The monoisotopic (exact) mass is 295 g/mol. The van der Waals surface area contributed by atoms with E-state index in [-0.39, 0.29) is 17.4 Å². The van der Waals surface area contributed by atoms with Gasteiger partial charge in [-0.1, -0.05) is 13.8 Å². The van der Waals surface area contributed by atoms with Crippen LogP contribution < -0.4 is 10.5 Å². The average Bonchev–Trinajstić information content (AvgIpc) is 2.37. The summed E-state index contributed by atoms with van der Waals surface area (Å²) in [6.45, 7) is 7.50. The van der Waals surface area contributed by atoms with E-state index in [1.807, 2.05) is 19.9 Å². The van der Waals surface area contributed by atoms with Crippen molar-refractivity contribution in [3.63, 3.8) is 0 Å². The van der Waals surface area contributed by atoms with Gasteiger partial charge in [-0.2, -0.15) is 5.26 Å². The normalized spacial score (nSPS) is 14.8. The molecule has 1 aromatic rings. The standard InChI is InChI=1S/C14H21N3O2S/c1-10(2)14(4,9-16)17-20(18,19)13-6-5-12(8-15)7-11(13)3/h5-7,10,17H,9,16H2,1-4H3. The number of nitriles is 1. The highest BCUT2D eigenvalue weighted by Crippen LogP contribution is 2.22. The van der Waals surface area contributed by atoms with Crippen LogP contribution in [0.4, 0.5) is 0 Å². The molecule has 0 heterocycles. The Labute approximate surface area is 120 Å². The molecule has 110 valence electrons. The fraction of sp³-hybridized carbons (Fsp3) is 0.500. The zero-order chi connectivity index (χ0) is 15.6. The molecule has 1 unspecified atom stereocenters. The van der Waals surface area contributed by atoms with Gasteiger partial charge in [-0.25, -0.2) is 13.1 Å². The van der Waals surface area contributed by atoms with Crippen molar-refractivity contribution in [2.45, 2.75) is 38.1 Å². The van der Waals surface area contributed by atoms with Gasteiger partial charge in [0.1, 0.15) is 0 Å². The van der Waals surface area contributed by atoms with Gasteiger partial charge in [0.25, 0.3) is 0 Å². The van der Waals surface area contributed by atoms with Gasteiger partial charge in [0.15, 0.2) is 0 Å². The van der Waals surface area contributed by atoms with Crippen molar-refractivity contribution in [3.8, 4) is 6.07 Å². The molecule has 5 nitrogen and oxygen atoms in total. The molecular weight excluding hydrogens is 274 g/mol. The summed E-state index contributed by atoms with van der Waals surface area (Å²) in [5.74, 6) is 0.0564. The van der Waals surface area contributed by atoms with Crippen molar-refractivity contribution in [3.05, 3.63) is 29.3 Å². The number of rotatable bonds is 5. The molecule has 0 bridgehead atoms. The number of nitrogens with one attached hydrogen (secondary N) is 1.